The second kappa shape index (κ2) is 5.83. The highest BCUT2D eigenvalue weighted by Crippen LogP contribution is 2.28. The van der Waals surface area contributed by atoms with Gasteiger partial charge in [0.25, 0.3) is 5.69 Å². The molecule has 0 saturated heterocycles. The van der Waals surface area contributed by atoms with Crippen molar-refractivity contribution in [3.63, 3.8) is 0 Å². The van der Waals surface area contributed by atoms with E-state index in [-0.39, 0.29) is 5.69 Å². The van der Waals surface area contributed by atoms with E-state index in [0.29, 0.717) is 16.7 Å². The second-order valence-corrected chi connectivity index (χ2v) is 4.89. The molecule has 1 heterocycles. The lowest BCUT2D eigenvalue weighted by molar-refractivity contribution is -0.384. The molecule has 0 aliphatic rings. The number of aromatic nitrogens is 2. The SMILES string of the molecule is CCn1cc(CNc2ccc(Br)cc2[N+](=O)[O-])cn1. The van der Waals surface area contributed by atoms with E-state index in [1.165, 1.54) is 6.07 Å². The van der Waals surface area contributed by atoms with Crippen LogP contribution in [0.25, 0.3) is 0 Å². The molecule has 0 saturated carbocycles. The van der Waals surface area contributed by atoms with E-state index in [4.69, 9.17) is 0 Å². The monoisotopic (exact) mass is 324 g/mol. The molecular weight excluding hydrogens is 312 g/mol. The van der Waals surface area contributed by atoms with Gasteiger partial charge in [0, 0.05) is 35.4 Å². The number of hydrogen-bond acceptors (Lipinski definition) is 4. The van der Waals surface area contributed by atoms with E-state index in [9.17, 15) is 10.1 Å². The van der Waals surface area contributed by atoms with Gasteiger partial charge in [-0.15, -0.1) is 0 Å². The number of rotatable bonds is 5. The minimum atomic E-state index is -0.400. The fourth-order valence-corrected chi connectivity index (χ4v) is 2.02. The number of nitrogens with one attached hydrogen (secondary N) is 1. The first-order valence-corrected chi connectivity index (χ1v) is 6.58. The Hall–Kier alpha value is -1.89. The molecule has 2 rings (SSSR count). The van der Waals surface area contributed by atoms with Gasteiger partial charge in [0.2, 0.25) is 0 Å². The predicted molar refractivity (Wildman–Crippen MR) is 76.0 cm³/mol. The van der Waals surface area contributed by atoms with Crippen molar-refractivity contribution in [3.8, 4) is 0 Å². The van der Waals surface area contributed by atoms with Crippen LogP contribution in [-0.2, 0) is 13.1 Å². The number of nitrogens with zero attached hydrogens (tertiary/aromatic N) is 3. The number of halogens is 1. The van der Waals surface area contributed by atoms with Gasteiger partial charge < -0.3 is 5.32 Å². The topological polar surface area (TPSA) is 73.0 Å². The van der Waals surface area contributed by atoms with Crippen LogP contribution in [0, 0.1) is 10.1 Å². The summed E-state index contributed by atoms with van der Waals surface area (Å²) in [5.74, 6) is 0. The van der Waals surface area contributed by atoms with Crippen molar-refractivity contribution in [2.45, 2.75) is 20.0 Å². The van der Waals surface area contributed by atoms with Crippen molar-refractivity contribution in [2.24, 2.45) is 0 Å². The highest BCUT2D eigenvalue weighted by atomic mass is 79.9. The van der Waals surface area contributed by atoms with E-state index in [1.54, 1.807) is 18.3 Å². The van der Waals surface area contributed by atoms with Crippen molar-refractivity contribution in [1.82, 2.24) is 9.78 Å². The molecule has 0 bridgehead atoms. The third kappa shape index (κ3) is 3.31. The van der Waals surface area contributed by atoms with Crippen LogP contribution in [0.2, 0.25) is 0 Å². The van der Waals surface area contributed by atoms with E-state index in [1.807, 2.05) is 17.8 Å². The number of benzene rings is 1. The maximum Gasteiger partial charge on any atom is 0.293 e. The summed E-state index contributed by atoms with van der Waals surface area (Å²) >= 11 is 3.23. The summed E-state index contributed by atoms with van der Waals surface area (Å²) in [6, 6.07) is 4.94. The summed E-state index contributed by atoms with van der Waals surface area (Å²) in [5.41, 5.74) is 1.54. The van der Waals surface area contributed by atoms with Crippen molar-refractivity contribution >= 4 is 27.3 Å². The summed E-state index contributed by atoms with van der Waals surface area (Å²) in [4.78, 5) is 10.6. The van der Waals surface area contributed by atoms with Crippen LogP contribution in [-0.4, -0.2) is 14.7 Å². The Morgan fingerprint density at radius 3 is 2.95 bits per heavy atom. The summed E-state index contributed by atoms with van der Waals surface area (Å²) < 4.78 is 2.50. The molecule has 7 heteroatoms. The fourth-order valence-electron chi connectivity index (χ4n) is 1.67. The van der Waals surface area contributed by atoms with E-state index in [2.05, 4.69) is 26.3 Å². The molecule has 0 fully saturated rings. The van der Waals surface area contributed by atoms with Crippen LogP contribution < -0.4 is 5.32 Å². The van der Waals surface area contributed by atoms with Crippen molar-refractivity contribution in [2.75, 3.05) is 5.32 Å². The van der Waals surface area contributed by atoms with Crippen LogP contribution in [0.5, 0.6) is 0 Å². The quantitative estimate of drug-likeness (QED) is 0.677. The Labute approximate surface area is 118 Å². The maximum atomic E-state index is 11.0. The molecule has 0 aliphatic carbocycles. The summed E-state index contributed by atoms with van der Waals surface area (Å²) in [6.45, 7) is 3.31. The molecule has 0 unspecified atom stereocenters. The normalized spacial score (nSPS) is 10.4. The van der Waals surface area contributed by atoms with Gasteiger partial charge in [0.15, 0.2) is 0 Å². The minimum absolute atomic E-state index is 0.0530. The van der Waals surface area contributed by atoms with Crippen molar-refractivity contribution < 1.29 is 4.92 Å². The highest BCUT2D eigenvalue weighted by Gasteiger charge is 2.13. The van der Waals surface area contributed by atoms with Gasteiger partial charge in [-0.3, -0.25) is 14.8 Å². The zero-order valence-corrected chi connectivity index (χ0v) is 11.9. The Morgan fingerprint density at radius 2 is 2.32 bits per heavy atom. The van der Waals surface area contributed by atoms with E-state index >= 15 is 0 Å². The molecule has 0 spiro atoms. The molecule has 1 aromatic heterocycles. The minimum Gasteiger partial charge on any atom is -0.375 e. The maximum absolute atomic E-state index is 11.0. The molecule has 19 heavy (non-hydrogen) atoms. The predicted octanol–water partition coefficient (Wildman–Crippen LogP) is 3.19. The van der Waals surface area contributed by atoms with Crippen molar-refractivity contribution in [3.05, 3.63) is 50.7 Å². The first kappa shape index (κ1) is 13.5. The van der Waals surface area contributed by atoms with Gasteiger partial charge in [0.05, 0.1) is 11.1 Å². The first-order valence-electron chi connectivity index (χ1n) is 5.79. The third-order valence-electron chi connectivity index (χ3n) is 2.65. The van der Waals surface area contributed by atoms with E-state index < -0.39 is 4.92 Å². The Bertz CT molecular complexity index is 597. The fraction of sp³-hybridized carbons (Fsp3) is 0.250. The van der Waals surface area contributed by atoms with Crippen LogP contribution >= 0.6 is 15.9 Å². The van der Waals surface area contributed by atoms with Crippen LogP contribution in [0.4, 0.5) is 11.4 Å². The number of aryl methyl sites for hydroxylation is 1. The second-order valence-electron chi connectivity index (χ2n) is 3.98. The molecular formula is C12H13BrN4O2. The average molecular weight is 325 g/mol. The lowest BCUT2D eigenvalue weighted by atomic mass is 10.2. The molecule has 0 radical (unpaired) electrons. The molecule has 0 aliphatic heterocycles. The molecule has 1 aromatic carbocycles. The van der Waals surface area contributed by atoms with Gasteiger partial charge in [-0.05, 0) is 19.1 Å². The number of hydrogen-bond donors (Lipinski definition) is 1. The standard InChI is InChI=1S/C12H13BrN4O2/c1-2-16-8-9(7-15-16)6-14-11-4-3-10(13)5-12(11)17(18)19/h3-5,7-8,14H,2,6H2,1H3. The largest absolute Gasteiger partial charge is 0.375 e. The molecule has 100 valence electrons. The van der Waals surface area contributed by atoms with Gasteiger partial charge in [0.1, 0.15) is 5.69 Å². The summed E-state index contributed by atoms with van der Waals surface area (Å²) in [5, 5.41) is 18.2. The molecule has 6 nitrogen and oxygen atoms in total. The smallest absolute Gasteiger partial charge is 0.293 e. The Kier molecular flexibility index (Phi) is 4.16. The van der Waals surface area contributed by atoms with Crippen molar-refractivity contribution in [1.29, 1.82) is 0 Å². The third-order valence-corrected chi connectivity index (χ3v) is 3.14. The Morgan fingerprint density at radius 1 is 1.53 bits per heavy atom. The first-order chi connectivity index (χ1) is 9.10. The zero-order chi connectivity index (χ0) is 13.8. The van der Waals surface area contributed by atoms with Crippen LogP contribution in [0.15, 0.2) is 35.1 Å². The number of nitro benzene ring substituents is 1. The van der Waals surface area contributed by atoms with Crippen LogP contribution in [0.1, 0.15) is 12.5 Å². The number of anilines is 1. The van der Waals surface area contributed by atoms with Gasteiger partial charge in [-0.25, -0.2) is 0 Å². The molecule has 0 atom stereocenters. The van der Waals surface area contributed by atoms with Gasteiger partial charge in [-0.1, -0.05) is 15.9 Å². The molecule has 1 N–H and O–H groups in total. The Balaban J connectivity index is 2.12. The van der Waals surface area contributed by atoms with Crippen LogP contribution in [0.3, 0.4) is 0 Å². The van der Waals surface area contributed by atoms with E-state index in [0.717, 1.165) is 12.1 Å². The highest BCUT2D eigenvalue weighted by molar-refractivity contribution is 9.10. The lowest BCUT2D eigenvalue weighted by Crippen LogP contribution is -2.02. The van der Waals surface area contributed by atoms with Gasteiger partial charge in [-0.2, -0.15) is 5.10 Å². The molecule has 2 aromatic rings. The zero-order valence-electron chi connectivity index (χ0n) is 10.3. The average Bonchev–Trinajstić information content (AvgIpc) is 2.85. The molecule has 0 amide bonds. The number of nitro groups is 1. The summed E-state index contributed by atoms with van der Waals surface area (Å²) in [6.07, 6.45) is 3.67. The summed E-state index contributed by atoms with van der Waals surface area (Å²) in [7, 11) is 0. The van der Waals surface area contributed by atoms with Gasteiger partial charge >= 0.3 is 0 Å². The lowest BCUT2D eigenvalue weighted by Gasteiger charge is -2.06.